The summed E-state index contributed by atoms with van der Waals surface area (Å²) < 4.78 is 5.58. The quantitative estimate of drug-likeness (QED) is 0.647. The van der Waals surface area contributed by atoms with E-state index >= 15 is 0 Å². The zero-order chi connectivity index (χ0) is 24.9. The molecule has 184 valence electrons. The molecule has 0 aromatic carbocycles. The second-order valence-electron chi connectivity index (χ2n) is 9.36. The number of aromatic nitrogens is 1. The van der Waals surface area contributed by atoms with Crippen LogP contribution in [0, 0.1) is 11.3 Å². The zero-order valence-corrected chi connectivity index (χ0v) is 20.9. The first-order valence-electron chi connectivity index (χ1n) is 11.3. The Morgan fingerprint density at radius 2 is 2.12 bits per heavy atom. The number of anilines is 1. The minimum atomic E-state index is -0.690. The minimum Gasteiger partial charge on any atom is -0.444 e. The molecule has 10 nitrogen and oxygen atoms in total. The van der Waals surface area contributed by atoms with Crippen LogP contribution in [0.1, 0.15) is 39.7 Å². The lowest BCUT2D eigenvalue weighted by Crippen LogP contribution is -2.48. The largest absolute Gasteiger partial charge is 0.444 e. The van der Waals surface area contributed by atoms with E-state index in [-0.39, 0.29) is 24.4 Å². The van der Waals surface area contributed by atoms with E-state index in [0.717, 1.165) is 5.75 Å². The van der Waals surface area contributed by atoms with E-state index in [4.69, 9.17) is 10.00 Å². The van der Waals surface area contributed by atoms with Crippen LogP contribution in [0.2, 0.25) is 0 Å². The Balaban J connectivity index is 1.70. The standard InChI is InChI=1S/C23H32N6O4S/c1-16(30)28(8-7-25-20-6-5-17(12-24)13-26-20)18-11-19(21(31)27-9-10-34-15-27)29(14-18)22(32)33-23(2,3)4/h5-6,13,18-19H,7-11,14-15H2,1-4H3,(H,25,26)/t18-,19-/m0/s1. The van der Waals surface area contributed by atoms with Crippen LogP contribution in [-0.4, -0.2) is 93.1 Å². The van der Waals surface area contributed by atoms with Crippen molar-refractivity contribution in [1.29, 1.82) is 5.26 Å². The Hall–Kier alpha value is -3.00. The van der Waals surface area contributed by atoms with E-state index < -0.39 is 17.7 Å². The molecule has 3 rings (SSSR count). The van der Waals surface area contributed by atoms with Gasteiger partial charge in [0.25, 0.3) is 0 Å². The lowest BCUT2D eigenvalue weighted by molar-refractivity contribution is -0.135. The maximum atomic E-state index is 13.2. The molecular formula is C23H32N6O4S. The van der Waals surface area contributed by atoms with Gasteiger partial charge in [0.15, 0.2) is 0 Å². The van der Waals surface area contributed by atoms with E-state index in [0.29, 0.717) is 43.3 Å². The van der Waals surface area contributed by atoms with Gasteiger partial charge in [-0.25, -0.2) is 9.78 Å². The van der Waals surface area contributed by atoms with Gasteiger partial charge in [0.1, 0.15) is 23.5 Å². The van der Waals surface area contributed by atoms with Crippen molar-refractivity contribution >= 4 is 35.5 Å². The summed E-state index contributed by atoms with van der Waals surface area (Å²) in [6.45, 7) is 8.56. The highest BCUT2D eigenvalue weighted by Crippen LogP contribution is 2.28. The molecule has 11 heteroatoms. The van der Waals surface area contributed by atoms with Crippen molar-refractivity contribution in [1.82, 2.24) is 19.7 Å². The molecule has 2 fully saturated rings. The maximum absolute atomic E-state index is 13.2. The van der Waals surface area contributed by atoms with Crippen molar-refractivity contribution in [3.8, 4) is 6.07 Å². The molecule has 0 unspecified atom stereocenters. The summed E-state index contributed by atoms with van der Waals surface area (Å²) in [7, 11) is 0. The van der Waals surface area contributed by atoms with Gasteiger partial charge in [-0.05, 0) is 39.3 Å². The molecule has 0 saturated carbocycles. The fourth-order valence-corrected chi connectivity index (χ4v) is 5.02. The van der Waals surface area contributed by atoms with Crippen LogP contribution in [0.3, 0.4) is 0 Å². The number of rotatable bonds is 6. The number of pyridine rings is 1. The SMILES string of the molecule is CC(=O)N(CCNc1ccc(C#N)cn1)[C@H]1C[C@@H](C(=O)N2CCSC2)N(C(=O)OC(C)(C)C)C1. The lowest BCUT2D eigenvalue weighted by atomic mass is 10.1. The van der Waals surface area contributed by atoms with E-state index in [2.05, 4.69) is 10.3 Å². The van der Waals surface area contributed by atoms with Crippen molar-refractivity contribution in [2.75, 3.05) is 43.1 Å². The predicted octanol–water partition coefficient (Wildman–Crippen LogP) is 2.12. The number of likely N-dealkylation sites (tertiary alicyclic amines) is 1. The summed E-state index contributed by atoms with van der Waals surface area (Å²) >= 11 is 1.69. The molecule has 3 heterocycles. The summed E-state index contributed by atoms with van der Waals surface area (Å²) in [5.41, 5.74) is -0.221. The van der Waals surface area contributed by atoms with Crippen LogP contribution < -0.4 is 5.32 Å². The van der Waals surface area contributed by atoms with Crippen molar-refractivity contribution in [3.63, 3.8) is 0 Å². The van der Waals surface area contributed by atoms with Crippen molar-refractivity contribution in [2.24, 2.45) is 0 Å². The summed E-state index contributed by atoms with van der Waals surface area (Å²) in [6.07, 6.45) is 1.31. The van der Waals surface area contributed by atoms with E-state index in [9.17, 15) is 14.4 Å². The fraction of sp³-hybridized carbons (Fsp3) is 0.609. The van der Waals surface area contributed by atoms with Crippen LogP contribution >= 0.6 is 11.8 Å². The third-order valence-electron chi connectivity index (χ3n) is 5.65. The molecule has 2 saturated heterocycles. The van der Waals surface area contributed by atoms with Gasteiger partial charge in [0, 0.05) is 45.1 Å². The van der Waals surface area contributed by atoms with Gasteiger partial charge in [0.05, 0.1) is 17.5 Å². The van der Waals surface area contributed by atoms with Crippen LogP contribution in [0.25, 0.3) is 0 Å². The lowest BCUT2D eigenvalue weighted by Gasteiger charge is -2.30. The molecule has 3 amide bonds. The second-order valence-corrected chi connectivity index (χ2v) is 10.4. The molecule has 0 bridgehead atoms. The number of hydrogen-bond acceptors (Lipinski definition) is 8. The number of nitriles is 1. The first-order valence-corrected chi connectivity index (χ1v) is 12.5. The van der Waals surface area contributed by atoms with Crippen LogP contribution in [0.5, 0.6) is 0 Å². The van der Waals surface area contributed by atoms with E-state index in [1.165, 1.54) is 18.0 Å². The van der Waals surface area contributed by atoms with Crippen LogP contribution in [-0.2, 0) is 14.3 Å². The smallest absolute Gasteiger partial charge is 0.411 e. The molecule has 1 N–H and O–H groups in total. The van der Waals surface area contributed by atoms with Gasteiger partial charge in [-0.3, -0.25) is 14.5 Å². The van der Waals surface area contributed by atoms with Crippen molar-refractivity contribution in [2.45, 2.75) is 51.8 Å². The Morgan fingerprint density at radius 3 is 2.68 bits per heavy atom. The first kappa shape index (κ1) is 25.6. The van der Waals surface area contributed by atoms with Gasteiger partial charge in [0.2, 0.25) is 11.8 Å². The number of ether oxygens (including phenoxy) is 1. The molecule has 0 spiro atoms. The number of amides is 3. The van der Waals surface area contributed by atoms with Gasteiger partial charge in [-0.2, -0.15) is 5.26 Å². The Bertz CT molecular complexity index is 936. The molecule has 34 heavy (non-hydrogen) atoms. The van der Waals surface area contributed by atoms with Gasteiger partial charge >= 0.3 is 6.09 Å². The molecule has 1 aromatic heterocycles. The van der Waals surface area contributed by atoms with Crippen LogP contribution in [0.4, 0.5) is 10.6 Å². The fourth-order valence-electron chi connectivity index (χ4n) is 4.06. The minimum absolute atomic E-state index is 0.0956. The Kier molecular flexibility index (Phi) is 8.25. The number of thioether (sulfide) groups is 1. The molecule has 0 radical (unpaired) electrons. The number of hydrogen-bond donors (Lipinski definition) is 1. The molecular weight excluding hydrogens is 456 g/mol. The van der Waals surface area contributed by atoms with Crippen molar-refractivity contribution in [3.05, 3.63) is 23.9 Å². The zero-order valence-electron chi connectivity index (χ0n) is 20.1. The van der Waals surface area contributed by atoms with Crippen molar-refractivity contribution < 1.29 is 19.1 Å². The summed E-state index contributed by atoms with van der Waals surface area (Å²) in [5, 5.41) is 12.0. The third kappa shape index (κ3) is 6.53. The Labute approximate surface area is 204 Å². The average molecular weight is 489 g/mol. The summed E-state index contributed by atoms with van der Waals surface area (Å²) in [5.74, 6) is 1.86. The summed E-state index contributed by atoms with van der Waals surface area (Å²) in [6, 6.07) is 4.44. The topological polar surface area (TPSA) is 119 Å². The third-order valence-corrected chi connectivity index (χ3v) is 6.62. The first-order chi connectivity index (χ1) is 16.1. The monoisotopic (exact) mass is 488 g/mol. The molecule has 2 aliphatic rings. The molecule has 1 aromatic rings. The number of nitrogens with zero attached hydrogens (tertiary/aromatic N) is 5. The number of carbonyl (C=O) groups is 3. The highest BCUT2D eigenvalue weighted by molar-refractivity contribution is 7.99. The van der Waals surface area contributed by atoms with Gasteiger partial charge < -0.3 is 19.9 Å². The van der Waals surface area contributed by atoms with Gasteiger partial charge in [-0.15, -0.1) is 11.8 Å². The number of nitrogens with one attached hydrogen (secondary N) is 1. The maximum Gasteiger partial charge on any atom is 0.411 e. The predicted molar refractivity (Wildman–Crippen MR) is 129 cm³/mol. The summed E-state index contributed by atoms with van der Waals surface area (Å²) in [4.78, 5) is 47.8. The van der Waals surface area contributed by atoms with E-state index in [1.54, 1.807) is 54.5 Å². The molecule has 2 aliphatic heterocycles. The Morgan fingerprint density at radius 1 is 1.35 bits per heavy atom. The highest BCUT2D eigenvalue weighted by atomic mass is 32.2. The molecule has 0 aliphatic carbocycles. The van der Waals surface area contributed by atoms with E-state index in [1.807, 2.05) is 6.07 Å². The van der Waals surface area contributed by atoms with Crippen LogP contribution in [0.15, 0.2) is 18.3 Å². The second kappa shape index (κ2) is 11.0. The highest BCUT2D eigenvalue weighted by Gasteiger charge is 2.45. The van der Waals surface area contributed by atoms with Gasteiger partial charge in [-0.1, -0.05) is 0 Å². The average Bonchev–Trinajstić information content (AvgIpc) is 3.46. The molecule has 2 atom stereocenters. The number of carbonyl (C=O) groups excluding carboxylic acids is 3. The normalized spacial score (nSPS) is 20.1.